The van der Waals surface area contributed by atoms with Crippen LogP contribution in [0.2, 0.25) is 5.02 Å². The highest BCUT2D eigenvalue weighted by Crippen LogP contribution is 2.45. The molecule has 2 aromatic rings. The van der Waals surface area contributed by atoms with Gasteiger partial charge >= 0.3 is 6.18 Å². The second kappa shape index (κ2) is 7.42. The summed E-state index contributed by atoms with van der Waals surface area (Å²) in [6, 6.07) is 11.3. The van der Waals surface area contributed by atoms with Gasteiger partial charge in [-0.2, -0.15) is 21.6 Å². The summed E-state index contributed by atoms with van der Waals surface area (Å²) >= 11 is 5.97. The molecule has 0 saturated carbocycles. The Hall–Kier alpha value is -2.03. The predicted molar refractivity (Wildman–Crippen MR) is 99.8 cm³/mol. The molecule has 0 N–H and O–H groups in total. The first-order chi connectivity index (χ1) is 13.1. The molecule has 28 heavy (non-hydrogen) atoms. The maximum Gasteiger partial charge on any atom is 0.413 e. The van der Waals surface area contributed by atoms with Crippen molar-refractivity contribution in [2.45, 2.75) is 17.3 Å². The van der Waals surface area contributed by atoms with E-state index in [1.807, 2.05) is 0 Å². The van der Waals surface area contributed by atoms with Crippen molar-refractivity contribution in [3.05, 3.63) is 70.3 Å². The largest absolute Gasteiger partial charge is 0.496 e. The summed E-state index contributed by atoms with van der Waals surface area (Å²) in [5.74, 6) is 0.135. The highest BCUT2D eigenvalue weighted by molar-refractivity contribution is 7.88. The highest BCUT2D eigenvalue weighted by Gasteiger charge is 2.49. The van der Waals surface area contributed by atoms with Gasteiger partial charge in [-0.25, -0.2) is 0 Å². The number of halogens is 4. The van der Waals surface area contributed by atoms with Crippen molar-refractivity contribution >= 4 is 27.8 Å². The minimum atomic E-state index is -4.80. The van der Waals surface area contributed by atoms with Crippen LogP contribution in [0.25, 0.3) is 6.08 Å². The SMILES string of the molecule is COc1cc(Cl)ccc1C1(S(=O)(=O)OCC(F)(F)F)C=Cc2ccccc2C1. The topological polar surface area (TPSA) is 52.6 Å². The minimum absolute atomic E-state index is 0.113. The van der Waals surface area contributed by atoms with E-state index in [0.717, 1.165) is 5.56 Å². The third kappa shape index (κ3) is 3.90. The summed E-state index contributed by atoms with van der Waals surface area (Å²) in [5, 5.41) is 0.296. The molecular formula is C19H16ClF3O4S. The average molecular weight is 433 g/mol. The summed E-state index contributed by atoms with van der Waals surface area (Å²) < 4.78 is 71.9. The maximum absolute atomic E-state index is 13.1. The molecule has 3 rings (SSSR count). The summed E-state index contributed by atoms with van der Waals surface area (Å²) in [7, 11) is -3.42. The number of hydrogen-bond acceptors (Lipinski definition) is 4. The normalized spacial score (nSPS) is 19.3. The lowest BCUT2D eigenvalue weighted by molar-refractivity contribution is -0.152. The van der Waals surface area contributed by atoms with Crippen molar-refractivity contribution in [1.29, 1.82) is 0 Å². The van der Waals surface area contributed by atoms with Crippen LogP contribution in [0.15, 0.2) is 48.5 Å². The van der Waals surface area contributed by atoms with Gasteiger partial charge in [-0.05, 0) is 23.3 Å². The molecule has 0 spiro atoms. The minimum Gasteiger partial charge on any atom is -0.496 e. The zero-order valence-electron chi connectivity index (χ0n) is 14.7. The molecule has 2 aromatic carbocycles. The Bertz CT molecular complexity index is 1020. The molecule has 1 unspecified atom stereocenters. The van der Waals surface area contributed by atoms with Crippen LogP contribution in [0, 0.1) is 0 Å². The van der Waals surface area contributed by atoms with E-state index < -0.39 is 27.6 Å². The lowest BCUT2D eigenvalue weighted by Gasteiger charge is -2.34. The molecule has 9 heteroatoms. The third-order valence-electron chi connectivity index (χ3n) is 4.48. The number of benzene rings is 2. The molecule has 0 fully saturated rings. The van der Waals surface area contributed by atoms with Gasteiger partial charge in [0, 0.05) is 17.0 Å². The molecule has 0 aliphatic heterocycles. The van der Waals surface area contributed by atoms with E-state index >= 15 is 0 Å². The van der Waals surface area contributed by atoms with Crippen LogP contribution in [0.5, 0.6) is 5.75 Å². The summed E-state index contributed by atoms with van der Waals surface area (Å²) in [5.41, 5.74) is 1.57. The van der Waals surface area contributed by atoms with Gasteiger partial charge in [0.25, 0.3) is 10.1 Å². The maximum atomic E-state index is 13.1. The van der Waals surface area contributed by atoms with Crippen molar-refractivity contribution < 1.29 is 30.5 Å². The van der Waals surface area contributed by atoms with Crippen molar-refractivity contribution in [3.63, 3.8) is 0 Å². The Balaban J connectivity index is 2.19. The van der Waals surface area contributed by atoms with Gasteiger partial charge in [0.2, 0.25) is 0 Å². The molecule has 0 heterocycles. The van der Waals surface area contributed by atoms with E-state index in [1.165, 1.54) is 31.4 Å². The van der Waals surface area contributed by atoms with Gasteiger partial charge < -0.3 is 4.74 Å². The first-order valence-electron chi connectivity index (χ1n) is 8.15. The van der Waals surface area contributed by atoms with Gasteiger partial charge in [-0.3, -0.25) is 4.18 Å². The number of ether oxygens (including phenoxy) is 1. The smallest absolute Gasteiger partial charge is 0.413 e. The van der Waals surface area contributed by atoms with Crippen LogP contribution in [-0.2, 0) is 25.5 Å². The monoisotopic (exact) mass is 432 g/mol. The van der Waals surface area contributed by atoms with Gasteiger partial charge in [0.05, 0.1) is 7.11 Å². The average Bonchev–Trinajstić information content (AvgIpc) is 2.65. The van der Waals surface area contributed by atoms with Crippen molar-refractivity contribution in [2.75, 3.05) is 13.7 Å². The molecule has 0 aromatic heterocycles. The molecule has 0 radical (unpaired) electrons. The van der Waals surface area contributed by atoms with E-state index in [1.54, 1.807) is 30.3 Å². The quantitative estimate of drug-likeness (QED) is 0.641. The van der Waals surface area contributed by atoms with E-state index in [0.29, 0.717) is 10.6 Å². The molecule has 0 saturated heterocycles. The van der Waals surface area contributed by atoms with Gasteiger partial charge in [0.1, 0.15) is 10.5 Å². The Labute approximate surface area is 165 Å². The molecule has 0 amide bonds. The first-order valence-corrected chi connectivity index (χ1v) is 9.93. The lowest BCUT2D eigenvalue weighted by atomic mass is 9.84. The molecule has 150 valence electrons. The fourth-order valence-electron chi connectivity index (χ4n) is 3.18. The second-order valence-corrected chi connectivity index (χ2v) is 8.58. The Morgan fingerprint density at radius 1 is 1.18 bits per heavy atom. The third-order valence-corrected chi connectivity index (χ3v) is 6.54. The van der Waals surface area contributed by atoms with Crippen LogP contribution in [0.3, 0.4) is 0 Å². The van der Waals surface area contributed by atoms with E-state index in [2.05, 4.69) is 4.18 Å². The highest BCUT2D eigenvalue weighted by atomic mass is 35.5. The summed E-state index contributed by atoms with van der Waals surface area (Å²) in [6.45, 7) is -1.91. The van der Waals surface area contributed by atoms with E-state index in [4.69, 9.17) is 16.3 Å². The number of methoxy groups -OCH3 is 1. The molecule has 0 bridgehead atoms. The number of alkyl halides is 3. The Morgan fingerprint density at radius 3 is 2.57 bits per heavy atom. The summed E-state index contributed by atoms with van der Waals surface area (Å²) in [4.78, 5) is 0. The number of fused-ring (bicyclic) bond motifs is 1. The second-order valence-electron chi connectivity index (χ2n) is 6.27. The van der Waals surface area contributed by atoms with Crippen LogP contribution in [0.1, 0.15) is 16.7 Å². The Kier molecular flexibility index (Phi) is 5.49. The molecule has 4 nitrogen and oxygen atoms in total. The number of hydrogen-bond donors (Lipinski definition) is 0. The van der Waals surface area contributed by atoms with Crippen molar-refractivity contribution in [2.24, 2.45) is 0 Å². The van der Waals surface area contributed by atoms with Gasteiger partial charge in [-0.15, -0.1) is 0 Å². The van der Waals surface area contributed by atoms with Crippen LogP contribution >= 0.6 is 11.6 Å². The van der Waals surface area contributed by atoms with Crippen LogP contribution in [-0.4, -0.2) is 28.3 Å². The number of rotatable bonds is 5. The fraction of sp³-hybridized carbons (Fsp3) is 0.263. The first kappa shape index (κ1) is 20.7. The molecule has 1 aliphatic rings. The predicted octanol–water partition coefficient (Wildman–Crippen LogP) is 4.72. The lowest BCUT2D eigenvalue weighted by Crippen LogP contribution is -2.40. The standard InChI is InChI=1S/C19H16ClF3O4S/c1-26-17-10-15(20)6-7-16(17)18(28(24,25)27-12-19(21,22)23)9-8-13-4-2-3-5-14(13)11-18/h2-10H,11-12H2,1H3. The van der Waals surface area contributed by atoms with E-state index in [-0.39, 0.29) is 17.7 Å². The molecule has 1 aliphatic carbocycles. The Morgan fingerprint density at radius 2 is 1.89 bits per heavy atom. The fourth-order valence-corrected chi connectivity index (χ4v) is 4.85. The molecule has 1 atom stereocenters. The zero-order valence-corrected chi connectivity index (χ0v) is 16.2. The van der Waals surface area contributed by atoms with Gasteiger partial charge in [0.15, 0.2) is 6.61 Å². The van der Waals surface area contributed by atoms with E-state index in [9.17, 15) is 21.6 Å². The van der Waals surface area contributed by atoms with Crippen LogP contribution in [0.4, 0.5) is 13.2 Å². The summed E-state index contributed by atoms with van der Waals surface area (Å²) in [6.07, 6.45) is -2.01. The molecular weight excluding hydrogens is 417 g/mol. The van der Waals surface area contributed by atoms with Gasteiger partial charge in [-0.1, -0.05) is 54.1 Å². The van der Waals surface area contributed by atoms with Crippen molar-refractivity contribution in [1.82, 2.24) is 0 Å². The van der Waals surface area contributed by atoms with Crippen LogP contribution < -0.4 is 4.74 Å². The zero-order chi connectivity index (χ0) is 20.6. The van der Waals surface area contributed by atoms with Crippen molar-refractivity contribution in [3.8, 4) is 5.75 Å².